The average Bonchev–Trinajstić information content (AvgIpc) is 2.60. The summed E-state index contributed by atoms with van der Waals surface area (Å²) in [5.74, 6) is 1.41. The maximum Gasteiger partial charge on any atom is 0.288 e. The monoisotopic (exact) mass is 361 g/mol. The van der Waals surface area contributed by atoms with Gasteiger partial charge < -0.3 is 14.2 Å². The van der Waals surface area contributed by atoms with Gasteiger partial charge in [-0.15, -0.1) is 0 Å². The van der Waals surface area contributed by atoms with Gasteiger partial charge in [-0.25, -0.2) is 0 Å². The van der Waals surface area contributed by atoms with Crippen LogP contribution in [0.1, 0.15) is 23.6 Å². The van der Waals surface area contributed by atoms with Gasteiger partial charge in [-0.05, 0) is 56.8 Å². The van der Waals surface area contributed by atoms with Crippen molar-refractivity contribution in [2.24, 2.45) is 0 Å². The van der Waals surface area contributed by atoms with Crippen molar-refractivity contribution in [3.8, 4) is 11.5 Å². The van der Waals surface area contributed by atoms with Gasteiger partial charge in [0.25, 0.3) is 5.17 Å². The lowest BCUT2D eigenvalue weighted by atomic mass is 10.1. The molecule has 1 N–H and O–H groups in total. The highest BCUT2D eigenvalue weighted by molar-refractivity contribution is 7.80. The van der Waals surface area contributed by atoms with E-state index in [1.54, 1.807) is 12.1 Å². The van der Waals surface area contributed by atoms with E-state index in [1.165, 1.54) is 12.7 Å². The van der Waals surface area contributed by atoms with Gasteiger partial charge in [-0.1, -0.05) is 23.8 Å². The average molecular weight is 361 g/mol. The van der Waals surface area contributed by atoms with Crippen LogP contribution in [0.15, 0.2) is 36.4 Å². The Bertz CT molecular complexity index is 748. The molecule has 0 aliphatic carbocycles. The minimum atomic E-state index is -0.0542. The molecule has 2 aromatic carbocycles. The van der Waals surface area contributed by atoms with E-state index in [2.05, 4.69) is 6.07 Å². The summed E-state index contributed by atoms with van der Waals surface area (Å²) in [6, 6.07) is 11.3. The molecule has 0 saturated heterocycles. The van der Waals surface area contributed by atoms with E-state index in [0.29, 0.717) is 23.6 Å². The van der Waals surface area contributed by atoms with E-state index in [0.717, 1.165) is 16.4 Å². The molecule has 0 radical (unpaired) electrons. The normalized spacial score (nSPS) is 10.3. The van der Waals surface area contributed by atoms with E-state index in [1.807, 2.05) is 39.0 Å². The number of hydroxylamine groups is 1. The zero-order chi connectivity index (χ0) is 18.4. The van der Waals surface area contributed by atoms with Gasteiger partial charge in [0.2, 0.25) is 0 Å². The second kappa shape index (κ2) is 8.69. The Morgan fingerprint density at radius 1 is 1.12 bits per heavy atom. The Balaban J connectivity index is 2.34. The summed E-state index contributed by atoms with van der Waals surface area (Å²) in [7, 11) is 1.41. The summed E-state index contributed by atoms with van der Waals surface area (Å²) in [6.45, 7) is 6.65. The van der Waals surface area contributed by atoms with Crippen LogP contribution in [0.25, 0.3) is 0 Å². The number of thiocarbonyl (C=S) groups is 1. The van der Waals surface area contributed by atoms with Gasteiger partial charge in [-0.2, -0.15) is 5.06 Å². The first kappa shape index (κ1) is 19.0. The third kappa shape index (κ3) is 4.61. The summed E-state index contributed by atoms with van der Waals surface area (Å²) < 4.78 is 16.6. The number of hydrogen-bond acceptors (Lipinski definition) is 5. The molecule has 0 aliphatic heterocycles. The van der Waals surface area contributed by atoms with Crippen molar-refractivity contribution in [2.75, 3.05) is 18.8 Å². The van der Waals surface area contributed by atoms with Gasteiger partial charge in [0.05, 0.1) is 25.0 Å². The van der Waals surface area contributed by atoms with Crippen LogP contribution in [0.2, 0.25) is 0 Å². The van der Waals surface area contributed by atoms with Crippen LogP contribution in [-0.4, -0.2) is 24.1 Å². The van der Waals surface area contributed by atoms with Crippen molar-refractivity contribution in [3.05, 3.63) is 53.1 Å². The predicted molar refractivity (Wildman–Crippen MR) is 102 cm³/mol. The first-order valence-electron chi connectivity index (χ1n) is 7.99. The van der Waals surface area contributed by atoms with E-state index in [-0.39, 0.29) is 11.8 Å². The maximum atomic E-state index is 10.3. The van der Waals surface area contributed by atoms with Crippen LogP contribution in [0.3, 0.4) is 0 Å². The maximum absolute atomic E-state index is 10.3. The Hall–Kier alpha value is -2.31. The molecule has 0 spiro atoms. The topological polar surface area (TPSA) is 51.2 Å². The molecule has 2 aromatic rings. The van der Waals surface area contributed by atoms with Crippen LogP contribution in [0.4, 0.5) is 5.69 Å². The van der Waals surface area contributed by atoms with Crippen LogP contribution in [-0.2, 0) is 11.3 Å². The van der Waals surface area contributed by atoms with Gasteiger partial charge in [0.15, 0.2) is 0 Å². The van der Waals surface area contributed by atoms with Crippen LogP contribution in [0, 0.1) is 13.8 Å². The smallest absolute Gasteiger partial charge is 0.288 e. The number of nitrogens with zero attached hydrogens (tertiary/aromatic N) is 1. The molecular weight excluding hydrogens is 338 g/mol. The zero-order valence-corrected chi connectivity index (χ0v) is 15.7. The molecule has 25 heavy (non-hydrogen) atoms. The highest BCUT2D eigenvalue weighted by Gasteiger charge is 2.18. The number of aryl methyl sites for hydroxylation is 2. The predicted octanol–water partition coefficient (Wildman–Crippen LogP) is 4.41. The second-order valence-corrected chi connectivity index (χ2v) is 5.88. The Morgan fingerprint density at radius 2 is 1.88 bits per heavy atom. The van der Waals surface area contributed by atoms with Crippen molar-refractivity contribution >= 4 is 23.1 Å². The fraction of sp³-hybridized carbons (Fsp3) is 0.316. The Morgan fingerprint density at radius 3 is 2.52 bits per heavy atom. The van der Waals surface area contributed by atoms with Gasteiger partial charge >= 0.3 is 0 Å². The van der Waals surface area contributed by atoms with E-state index >= 15 is 0 Å². The van der Waals surface area contributed by atoms with Crippen LogP contribution < -0.4 is 14.5 Å². The van der Waals surface area contributed by atoms with E-state index in [9.17, 15) is 5.21 Å². The minimum Gasteiger partial charge on any atom is -0.493 e. The van der Waals surface area contributed by atoms with Gasteiger partial charge in [0, 0.05) is 0 Å². The van der Waals surface area contributed by atoms with Crippen LogP contribution >= 0.6 is 12.2 Å². The molecular formula is C19H23NO4S. The molecule has 0 amide bonds. The molecule has 2 rings (SSSR count). The first-order chi connectivity index (χ1) is 12.0. The van der Waals surface area contributed by atoms with Gasteiger partial charge in [0.1, 0.15) is 18.1 Å². The molecule has 134 valence electrons. The van der Waals surface area contributed by atoms with Gasteiger partial charge in [-0.3, -0.25) is 5.21 Å². The van der Waals surface area contributed by atoms with Crippen molar-refractivity contribution < 1.29 is 19.4 Å². The number of benzene rings is 2. The second-order valence-electron chi connectivity index (χ2n) is 5.53. The molecule has 0 heterocycles. The quantitative estimate of drug-likeness (QED) is 0.608. The molecule has 6 heteroatoms. The fourth-order valence-corrected chi connectivity index (χ4v) is 2.58. The Labute approximate surface area is 153 Å². The van der Waals surface area contributed by atoms with E-state index in [4.69, 9.17) is 26.4 Å². The molecule has 0 aromatic heterocycles. The van der Waals surface area contributed by atoms with Crippen molar-refractivity contribution in [1.82, 2.24) is 0 Å². The van der Waals surface area contributed by atoms with Crippen molar-refractivity contribution in [3.63, 3.8) is 0 Å². The zero-order valence-electron chi connectivity index (χ0n) is 14.9. The fourth-order valence-electron chi connectivity index (χ4n) is 2.48. The Kier molecular flexibility index (Phi) is 6.61. The molecule has 0 bridgehead atoms. The molecule has 0 aliphatic rings. The highest BCUT2D eigenvalue weighted by atomic mass is 32.1. The third-order valence-electron chi connectivity index (χ3n) is 3.69. The molecule has 0 atom stereocenters. The SMILES string of the molecule is CCOc1cccc(N(O)C(=S)OC)c1COc1ccc(C)cc1C. The molecule has 0 fully saturated rings. The third-order valence-corrected chi connectivity index (χ3v) is 4.03. The molecule has 0 saturated carbocycles. The van der Waals surface area contributed by atoms with Crippen molar-refractivity contribution in [1.29, 1.82) is 0 Å². The number of rotatable bonds is 6. The highest BCUT2D eigenvalue weighted by Crippen LogP contribution is 2.31. The lowest BCUT2D eigenvalue weighted by Gasteiger charge is -2.22. The van der Waals surface area contributed by atoms with Crippen molar-refractivity contribution in [2.45, 2.75) is 27.4 Å². The van der Waals surface area contributed by atoms with E-state index < -0.39 is 0 Å². The number of hydrogen-bond donors (Lipinski definition) is 1. The summed E-state index contributed by atoms with van der Waals surface area (Å²) in [5.41, 5.74) is 3.37. The minimum absolute atomic E-state index is 0.0542. The summed E-state index contributed by atoms with van der Waals surface area (Å²) >= 11 is 5.01. The molecule has 0 unspecified atom stereocenters. The largest absolute Gasteiger partial charge is 0.493 e. The number of anilines is 1. The standard InChI is InChI=1S/C19H23NO4S/c1-5-23-18-8-6-7-16(20(21)19(25)22-4)15(18)12-24-17-10-9-13(2)11-14(17)3/h6-11,21H,5,12H2,1-4H3. The molecule has 5 nitrogen and oxygen atoms in total. The number of methoxy groups -OCH3 is 1. The lowest BCUT2D eigenvalue weighted by Crippen LogP contribution is -2.27. The summed E-state index contributed by atoms with van der Waals surface area (Å²) in [4.78, 5) is 0. The summed E-state index contributed by atoms with van der Waals surface area (Å²) in [6.07, 6.45) is 0. The first-order valence-corrected chi connectivity index (χ1v) is 8.40. The number of ether oxygens (including phenoxy) is 3. The van der Waals surface area contributed by atoms with Crippen LogP contribution in [0.5, 0.6) is 11.5 Å². The lowest BCUT2D eigenvalue weighted by molar-refractivity contribution is 0.259. The summed E-state index contributed by atoms with van der Waals surface area (Å²) in [5, 5.41) is 11.1.